The van der Waals surface area contributed by atoms with E-state index in [4.69, 9.17) is 9.98 Å². The van der Waals surface area contributed by atoms with Crippen LogP contribution in [-0.4, -0.2) is 22.6 Å². The van der Waals surface area contributed by atoms with Gasteiger partial charge in [0.2, 0.25) is 0 Å². The molecule has 0 saturated heterocycles. The van der Waals surface area contributed by atoms with Crippen molar-refractivity contribution in [1.82, 2.24) is 4.98 Å². The minimum Gasteiger partial charge on any atom is -0.326 e. The lowest BCUT2D eigenvalue weighted by atomic mass is 10.1. The van der Waals surface area contributed by atoms with Gasteiger partial charge in [-0.25, -0.2) is 4.98 Å². The minimum atomic E-state index is -0.109. The van der Waals surface area contributed by atoms with E-state index in [1.807, 2.05) is 12.3 Å². The summed E-state index contributed by atoms with van der Waals surface area (Å²) >= 11 is 3.46. The van der Waals surface area contributed by atoms with Crippen molar-refractivity contribution in [2.24, 2.45) is 9.98 Å². The molecule has 6 heteroatoms. The molecule has 1 unspecified atom stereocenters. The molecule has 0 aromatic carbocycles. The molecule has 1 aliphatic carbocycles. The molecule has 0 amide bonds. The number of hydrogen-bond donors (Lipinski definition) is 1. The van der Waals surface area contributed by atoms with Gasteiger partial charge in [-0.05, 0) is 60.4 Å². The Kier molecular flexibility index (Phi) is 3.94. The van der Waals surface area contributed by atoms with Gasteiger partial charge in [-0.3, -0.25) is 9.98 Å². The molecule has 132 valence electrons. The molecular formula is C20H20N4S2. The van der Waals surface area contributed by atoms with Gasteiger partial charge in [0, 0.05) is 18.1 Å². The van der Waals surface area contributed by atoms with E-state index in [9.17, 15) is 0 Å². The molecule has 1 N–H and O–H groups in total. The molecule has 1 atom stereocenters. The molecular weight excluding hydrogens is 360 g/mol. The standard InChI is InChI=1S/C20H18N4S2.H2/c1-12-8-11-26-18(12)17-20(22-13-6-7-13)24-19-14(4-2-9-21-19)16(23-17)15-5-3-10-25-15;/h2-5,8-11,13,17H,6-7H2,1H3,(H,21,22,24);1H. The van der Waals surface area contributed by atoms with Gasteiger partial charge in [0.1, 0.15) is 17.7 Å². The van der Waals surface area contributed by atoms with Crippen molar-refractivity contribution in [3.63, 3.8) is 0 Å². The minimum absolute atomic E-state index is 0. The van der Waals surface area contributed by atoms with E-state index in [0.717, 1.165) is 40.6 Å². The fourth-order valence-electron chi connectivity index (χ4n) is 3.11. The summed E-state index contributed by atoms with van der Waals surface area (Å²) in [6.45, 7) is 2.15. The first-order valence-corrected chi connectivity index (χ1v) is 10.5. The average molecular weight is 381 g/mol. The summed E-state index contributed by atoms with van der Waals surface area (Å²) in [5.74, 6) is 1.76. The number of aromatic nitrogens is 1. The zero-order valence-electron chi connectivity index (χ0n) is 14.3. The summed E-state index contributed by atoms with van der Waals surface area (Å²) in [5.41, 5.74) is 3.29. The van der Waals surface area contributed by atoms with E-state index in [-0.39, 0.29) is 7.47 Å². The van der Waals surface area contributed by atoms with E-state index in [1.165, 1.54) is 10.4 Å². The van der Waals surface area contributed by atoms with Gasteiger partial charge in [0.15, 0.2) is 0 Å². The van der Waals surface area contributed by atoms with Gasteiger partial charge in [0.25, 0.3) is 0 Å². The Bertz CT molecular complexity index is 1000. The molecule has 3 aromatic heterocycles. The normalized spacial score (nSPS) is 21.0. The van der Waals surface area contributed by atoms with Crippen molar-refractivity contribution in [2.75, 3.05) is 5.32 Å². The number of anilines is 1. The summed E-state index contributed by atoms with van der Waals surface area (Å²) < 4.78 is 0. The van der Waals surface area contributed by atoms with Gasteiger partial charge in [-0.1, -0.05) is 6.07 Å². The van der Waals surface area contributed by atoms with Crippen molar-refractivity contribution in [3.05, 3.63) is 68.2 Å². The van der Waals surface area contributed by atoms with Crippen LogP contribution >= 0.6 is 22.7 Å². The fourth-order valence-corrected chi connectivity index (χ4v) is 4.81. The topological polar surface area (TPSA) is 49.6 Å². The summed E-state index contributed by atoms with van der Waals surface area (Å²) in [7, 11) is 0. The predicted octanol–water partition coefficient (Wildman–Crippen LogP) is 5.32. The van der Waals surface area contributed by atoms with Crippen LogP contribution in [0.25, 0.3) is 0 Å². The Morgan fingerprint density at radius 2 is 2.08 bits per heavy atom. The van der Waals surface area contributed by atoms with Crippen LogP contribution in [0.4, 0.5) is 5.82 Å². The quantitative estimate of drug-likeness (QED) is 0.668. The number of aliphatic imine (C=N–C) groups is 2. The molecule has 5 rings (SSSR count). The van der Waals surface area contributed by atoms with E-state index in [1.54, 1.807) is 22.7 Å². The zero-order chi connectivity index (χ0) is 17.5. The van der Waals surface area contributed by atoms with Crippen molar-refractivity contribution in [1.29, 1.82) is 0 Å². The van der Waals surface area contributed by atoms with Crippen LogP contribution in [0, 0.1) is 6.92 Å². The van der Waals surface area contributed by atoms with E-state index in [0.29, 0.717) is 6.04 Å². The summed E-state index contributed by atoms with van der Waals surface area (Å²) in [4.78, 5) is 17.2. The molecule has 1 aliphatic heterocycles. The maximum Gasteiger partial charge on any atom is 0.142 e. The highest BCUT2D eigenvalue weighted by Crippen LogP contribution is 2.35. The largest absolute Gasteiger partial charge is 0.326 e. The molecule has 1 fully saturated rings. The van der Waals surface area contributed by atoms with Crippen LogP contribution in [0.2, 0.25) is 0 Å². The lowest BCUT2D eigenvalue weighted by Gasteiger charge is -2.15. The van der Waals surface area contributed by atoms with E-state index >= 15 is 0 Å². The third-order valence-electron chi connectivity index (χ3n) is 4.60. The van der Waals surface area contributed by atoms with Crippen molar-refractivity contribution >= 4 is 40.0 Å². The predicted molar refractivity (Wildman–Crippen MR) is 112 cm³/mol. The Labute approximate surface area is 161 Å². The maximum absolute atomic E-state index is 5.23. The van der Waals surface area contributed by atoms with Crippen molar-refractivity contribution in [3.8, 4) is 0 Å². The second-order valence-corrected chi connectivity index (χ2v) is 8.49. The highest BCUT2D eigenvalue weighted by Gasteiger charge is 2.31. The van der Waals surface area contributed by atoms with Gasteiger partial charge < -0.3 is 5.32 Å². The third-order valence-corrected chi connectivity index (χ3v) is 6.55. The van der Waals surface area contributed by atoms with Crippen LogP contribution in [0.5, 0.6) is 0 Å². The Morgan fingerprint density at radius 1 is 1.15 bits per heavy atom. The zero-order valence-corrected chi connectivity index (χ0v) is 16.0. The van der Waals surface area contributed by atoms with E-state index < -0.39 is 0 Å². The third kappa shape index (κ3) is 2.89. The number of amidine groups is 1. The molecule has 0 radical (unpaired) electrons. The second kappa shape index (κ2) is 6.45. The first-order chi connectivity index (χ1) is 12.8. The van der Waals surface area contributed by atoms with Crippen LogP contribution < -0.4 is 5.32 Å². The Balaban J connectivity index is 0.00000180. The number of hydrogen-bond acceptors (Lipinski definition) is 5. The molecule has 4 nitrogen and oxygen atoms in total. The molecule has 0 bridgehead atoms. The highest BCUT2D eigenvalue weighted by molar-refractivity contribution is 7.12. The average Bonchev–Trinajstić information content (AvgIpc) is 3.15. The highest BCUT2D eigenvalue weighted by atomic mass is 32.1. The molecule has 2 aliphatic rings. The maximum atomic E-state index is 5.23. The first kappa shape index (κ1) is 15.9. The monoisotopic (exact) mass is 380 g/mol. The number of aryl methyl sites for hydroxylation is 1. The summed E-state index contributed by atoms with van der Waals surface area (Å²) in [6, 6.07) is 10.7. The molecule has 4 heterocycles. The van der Waals surface area contributed by atoms with E-state index in [2.05, 4.69) is 52.3 Å². The number of rotatable bonds is 3. The second-order valence-electron chi connectivity index (χ2n) is 6.60. The summed E-state index contributed by atoms with van der Waals surface area (Å²) in [5, 5.41) is 7.75. The fraction of sp³-hybridized carbons (Fsp3) is 0.250. The molecule has 3 aromatic rings. The van der Waals surface area contributed by atoms with Gasteiger partial charge in [0.05, 0.1) is 16.6 Å². The van der Waals surface area contributed by atoms with Crippen molar-refractivity contribution in [2.45, 2.75) is 31.8 Å². The number of thiophene rings is 2. The van der Waals surface area contributed by atoms with Crippen LogP contribution in [0.1, 0.15) is 41.2 Å². The Morgan fingerprint density at radius 3 is 2.81 bits per heavy atom. The molecule has 26 heavy (non-hydrogen) atoms. The van der Waals surface area contributed by atoms with Crippen LogP contribution in [0.3, 0.4) is 0 Å². The number of fused-ring (bicyclic) bond motifs is 1. The first-order valence-electron chi connectivity index (χ1n) is 8.75. The Hall–Kier alpha value is -2.31. The molecule has 0 spiro atoms. The van der Waals surface area contributed by atoms with Gasteiger partial charge >= 0.3 is 0 Å². The summed E-state index contributed by atoms with van der Waals surface area (Å²) in [6.07, 6.45) is 4.15. The van der Waals surface area contributed by atoms with Gasteiger partial charge in [-0.15, -0.1) is 22.7 Å². The number of nitrogens with one attached hydrogen (secondary N) is 1. The lowest BCUT2D eigenvalue weighted by Crippen LogP contribution is -2.20. The van der Waals surface area contributed by atoms with Crippen LogP contribution in [-0.2, 0) is 0 Å². The smallest absolute Gasteiger partial charge is 0.142 e. The van der Waals surface area contributed by atoms with Gasteiger partial charge in [-0.2, -0.15) is 0 Å². The van der Waals surface area contributed by atoms with Crippen LogP contribution in [0.15, 0.2) is 57.3 Å². The number of pyridine rings is 1. The molecule has 1 saturated carbocycles. The number of nitrogens with zero attached hydrogens (tertiary/aromatic N) is 3. The van der Waals surface area contributed by atoms with Crippen molar-refractivity contribution < 1.29 is 1.43 Å². The lowest BCUT2D eigenvalue weighted by molar-refractivity contribution is 0.942. The SMILES string of the molecule is Cc1ccsc1C1N=C(c2cccs2)c2cccnc2NC1=NC1CC1.[HH].